The summed E-state index contributed by atoms with van der Waals surface area (Å²) >= 11 is 7.28. The van der Waals surface area contributed by atoms with E-state index in [1.807, 2.05) is 0 Å². The number of halogens is 1. The maximum Gasteiger partial charge on any atom is 0.176 e. The highest BCUT2D eigenvalue weighted by atomic mass is 35.5. The van der Waals surface area contributed by atoms with Gasteiger partial charge in [0.2, 0.25) is 0 Å². The Bertz CT molecular complexity index is 517. The number of benzene rings is 1. The minimum atomic E-state index is -3.37. The second kappa shape index (κ2) is 5.58. The fourth-order valence-corrected chi connectivity index (χ4v) is 3.91. The maximum absolute atomic E-state index is 11.7. The van der Waals surface area contributed by atoms with Crippen LogP contribution in [0.25, 0.3) is 0 Å². The third kappa shape index (κ3) is 3.35. The van der Waals surface area contributed by atoms with Crippen LogP contribution in [0, 0.1) is 0 Å². The van der Waals surface area contributed by atoms with Crippen molar-refractivity contribution in [1.29, 1.82) is 0 Å². The van der Waals surface area contributed by atoms with Gasteiger partial charge < -0.3 is 10.8 Å². The van der Waals surface area contributed by atoms with Crippen LogP contribution >= 0.6 is 23.4 Å². The largest absolute Gasteiger partial charge is 0.394 e. The second-order valence-electron chi connectivity index (χ2n) is 3.60. The number of aliphatic hydroxyl groups excluding tert-OH is 1. The Hall–Kier alpha value is -0.270. The average molecular weight is 296 g/mol. The number of hydrogen-bond acceptors (Lipinski definition) is 5. The van der Waals surface area contributed by atoms with Crippen LogP contribution in [-0.4, -0.2) is 32.6 Å². The Balaban J connectivity index is 3.50. The molecule has 4 nitrogen and oxygen atoms in total. The Kier molecular flexibility index (Phi) is 4.86. The molecule has 1 unspecified atom stereocenters. The highest BCUT2D eigenvalue weighted by Crippen LogP contribution is 2.34. The standard InChI is InChI=1S/C10H14ClNO3S2/c1-16-10-7(11)3-6(8(12)5-13)4-9(10)17(2,14)15/h3-4,8,13H,5,12H2,1-2H3. The van der Waals surface area contributed by atoms with E-state index in [1.54, 1.807) is 12.3 Å². The zero-order chi connectivity index (χ0) is 13.2. The summed E-state index contributed by atoms with van der Waals surface area (Å²) in [5, 5.41) is 9.31. The summed E-state index contributed by atoms with van der Waals surface area (Å²) < 4.78 is 23.3. The average Bonchev–Trinajstić information content (AvgIpc) is 2.25. The fraction of sp³-hybridized carbons (Fsp3) is 0.400. The SMILES string of the molecule is CSc1c(Cl)cc(C(N)CO)cc1S(C)(=O)=O. The Morgan fingerprint density at radius 2 is 2.12 bits per heavy atom. The second-order valence-corrected chi connectivity index (χ2v) is 6.80. The van der Waals surface area contributed by atoms with E-state index in [4.69, 9.17) is 22.4 Å². The lowest BCUT2D eigenvalue weighted by Crippen LogP contribution is -2.15. The van der Waals surface area contributed by atoms with E-state index in [0.717, 1.165) is 6.26 Å². The van der Waals surface area contributed by atoms with Crippen LogP contribution in [0.3, 0.4) is 0 Å². The molecule has 0 bridgehead atoms. The molecule has 0 saturated heterocycles. The smallest absolute Gasteiger partial charge is 0.176 e. The normalized spacial score (nSPS) is 13.7. The van der Waals surface area contributed by atoms with Gasteiger partial charge in [0.1, 0.15) is 0 Å². The molecule has 0 spiro atoms. The van der Waals surface area contributed by atoms with Gasteiger partial charge in [0.25, 0.3) is 0 Å². The van der Waals surface area contributed by atoms with Crippen molar-refractivity contribution in [2.24, 2.45) is 5.73 Å². The van der Waals surface area contributed by atoms with Gasteiger partial charge in [-0.05, 0) is 24.0 Å². The van der Waals surface area contributed by atoms with Crippen molar-refractivity contribution in [1.82, 2.24) is 0 Å². The number of thioether (sulfide) groups is 1. The topological polar surface area (TPSA) is 80.4 Å². The zero-order valence-electron chi connectivity index (χ0n) is 9.47. The van der Waals surface area contributed by atoms with Crippen molar-refractivity contribution in [3.8, 4) is 0 Å². The summed E-state index contributed by atoms with van der Waals surface area (Å²) in [5.74, 6) is 0. The van der Waals surface area contributed by atoms with Gasteiger partial charge in [0, 0.05) is 11.2 Å². The molecule has 1 aromatic rings. The van der Waals surface area contributed by atoms with Gasteiger partial charge in [-0.2, -0.15) is 0 Å². The van der Waals surface area contributed by atoms with E-state index in [0.29, 0.717) is 15.5 Å². The van der Waals surface area contributed by atoms with Crippen LogP contribution in [0.1, 0.15) is 11.6 Å². The van der Waals surface area contributed by atoms with Crippen LogP contribution in [0.2, 0.25) is 5.02 Å². The number of sulfone groups is 1. The molecule has 0 saturated carbocycles. The van der Waals surface area contributed by atoms with Gasteiger partial charge in [0.05, 0.1) is 22.6 Å². The highest BCUT2D eigenvalue weighted by molar-refractivity contribution is 7.99. The van der Waals surface area contributed by atoms with Crippen molar-refractivity contribution in [3.05, 3.63) is 22.7 Å². The lowest BCUT2D eigenvalue weighted by Gasteiger charge is -2.14. The summed E-state index contributed by atoms with van der Waals surface area (Å²) in [4.78, 5) is 0.652. The third-order valence-electron chi connectivity index (χ3n) is 2.26. The molecule has 0 radical (unpaired) electrons. The van der Waals surface area contributed by atoms with Crippen molar-refractivity contribution in [2.75, 3.05) is 19.1 Å². The van der Waals surface area contributed by atoms with Crippen molar-refractivity contribution < 1.29 is 13.5 Å². The predicted molar refractivity (Wildman–Crippen MR) is 70.4 cm³/mol. The Labute approximate surface area is 110 Å². The van der Waals surface area contributed by atoms with Crippen molar-refractivity contribution in [3.63, 3.8) is 0 Å². The minimum absolute atomic E-state index is 0.149. The van der Waals surface area contributed by atoms with E-state index >= 15 is 0 Å². The molecule has 17 heavy (non-hydrogen) atoms. The molecule has 0 amide bonds. The first-order chi connectivity index (χ1) is 7.81. The van der Waals surface area contributed by atoms with E-state index in [1.165, 1.54) is 17.8 Å². The Morgan fingerprint density at radius 3 is 2.53 bits per heavy atom. The molecule has 0 heterocycles. The van der Waals surface area contributed by atoms with Crippen molar-refractivity contribution >= 4 is 33.2 Å². The molecule has 0 fully saturated rings. The lowest BCUT2D eigenvalue weighted by molar-refractivity contribution is 0.268. The number of rotatable bonds is 4. The number of hydrogen-bond donors (Lipinski definition) is 2. The first kappa shape index (κ1) is 14.8. The summed E-state index contributed by atoms with van der Waals surface area (Å²) in [6.45, 7) is -0.266. The first-order valence-corrected chi connectivity index (χ1v) is 8.24. The van der Waals surface area contributed by atoms with Crippen LogP contribution < -0.4 is 5.73 Å². The van der Waals surface area contributed by atoms with Crippen LogP contribution in [-0.2, 0) is 9.84 Å². The van der Waals surface area contributed by atoms with Gasteiger partial charge >= 0.3 is 0 Å². The molecule has 3 N–H and O–H groups in total. The Morgan fingerprint density at radius 1 is 1.53 bits per heavy atom. The molecule has 7 heteroatoms. The lowest BCUT2D eigenvalue weighted by atomic mass is 10.1. The zero-order valence-corrected chi connectivity index (χ0v) is 11.9. The third-order valence-corrected chi connectivity index (χ3v) is 4.77. The summed E-state index contributed by atoms with van der Waals surface area (Å²) in [5.41, 5.74) is 6.17. The molecule has 0 aromatic heterocycles. The molecular weight excluding hydrogens is 282 g/mol. The first-order valence-electron chi connectivity index (χ1n) is 4.75. The van der Waals surface area contributed by atoms with Gasteiger partial charge in [-0.1, -0.05) is 11.6 Å². The predicted octanol–water partition coefficient (Wildman–Crippen LogP) is 1.46. The van der Waals surface area contributed by atoms with Gasteiger partial charge in [-0.25, -0.2) is 8.42 Å². The number of nitrogens with two attached hydrogens (primary N) is 1. The maximum atomic E-state index is 11.7. The van der Waals surface area contributed by atoms with E-state index < -0.39 is 15.9 Å². The van der Waals surface area contributed by atoms with E-state index in [-0.39, 0.29) is 11.5 Å². The van der Waals surface area contributed by atoms with Gasteiger partial charge in [-0.3, -0.25) is 0 Å². The fourth-order valence-electron chi connectivity index (χ4n) is 1.38. The molecule has 0 aliphatic rings. The number of aliphatic hydroxyl groups is 1. The van der Waals surface area contributed by atoms with Crippen LogP contribution in [0.15, 0.2) is 21.9 Å². The van der Waals surface area contributed by atoms with E-state index in [9.17, 15) is 8.42 Å². The summed E-state index contributed by atoms with van der Waals surface area (Å²) in [6.07, 6.45) is 2.87. The van der Waals surface area contributed by atoms with Crippen LogP contribution in [0.4, 0.5) is 0 Å². The van der Waals surface area contributed by atoms with E-state index in [2.05, 4.69) is 0 Å². The minimum Gasteiger partial charge on any atom is -0.394 e. The quantitative estimate of drug-likeness (QED) is 0.822. The molecule has 0 aliphatic heterocycles. The highest BCUT2D eigenvalue weighted by Gasteiger charge is 2.19. The molecule has 0 aliphatic carbocycles. The molecule has 1 rings (SSSR count). The molecule has 1 aromatic carbocycles. The monoisotopic (exact) mass is 295 g/mol. The van der Waals surface area contributed by atoms with Crippen LogP contribution in [0.5, 0.6) is 0 Å². The molecule has 96 valence electrons. The summed E-state index contributed by atoms with van der Waals surface area (Å²) in [7, 11) is -3.37. The van der Waals surface area contributed by atoms with Crippen molar-refractivity contribution in [2.45, 2.75) is 15.8 Å². The molecule has 1 atom stereocenters. The van der Waals surface area contributed by atoms with Gasteiger partial charge in [-0.15, -0.1) is 11.8 Å². The summed E-state index contributed by atoms with van der Waals surface area (Å²) in [6, 6.07) is 2.42. The van der Waals surface area contributed by atoms with Gasteiger partial charge in [0.15, 0.2) is 9.84 Å². The molecular formula is C10H14ClNO3S2.